The third-order valence-corrected chi connectivity index (χ3v) is 3.13. The zero-order valence-corrected chi connectivity index (χ0v) is 10.5. The number of carbonyl (C=O) groups is 1. The third kappa shape index (κ3) is 2.09. The predicted molar refractivity (Wildman–Crippen MR) is 61.6 cm³/mol. The van der Waals surface area contributed by atoms with Gasteiger partial charge in [-0.2, -0.15) is 5.26 Å². The number of Topliss-reactive ketones (excluding diaryl/α,β-unsaturated/α-hetero) is 1. The van der Waals surface area contributed by atoms with Crippen LogP contribution in [0.25, 0.3) is 0 Å². The molecular formula is C9H5BrINO. The van der Waals surface area contributed by atoms with Crippen LogP contribution in [-0.2, 0) is 0 Å². The van der Waals surface area contributed by atoms with E-state index in [-0.39, 0.29) is 5.78 Å². The van der Waals surface area contributed by atoms with Crippen molar-refractivity contribution in [2.45, 2.75) is 6.92 Å². The number of carbonyl (C=O) groups excluding carboxylic acids is 1. The van der Waals surface area contributed by atoms with Gasteiger partial charge in [0.2, 0.25) is 0 Å². The number of ketones is 1. The summed E-state index contributed by atoms with van der Waals surface area (Å²) in [4.78, 5) is 11.2. The molecule has 0 aliphatic carbocycles. The molecule has 0 bridgehead atoms. The van der Waals surface area contributed by atoms with Gasteiger partial charge in [0, 0.05) is 13.6 Å². The molecule has 0 fully saturated rings. The quantitative estimate of drug-likeness (QED) is 0.577. The molecule has 4 heteroatoms. The maximum atomic E-state index is 11.2. The topological polar surface area (TPSA) is 40.9 Å². The Morgan fingerprint density at radius 3 is 2.62 bits per heavy atom. The zero-order valence-electron chi connectivity index (χ0n) is 6.77. The van der Waals surface area contributed by atoms with E-state index in [1.54, 1.807) is 6.07 Å². The molecule has 0 aliphatic rings. The van der Waals surface area contributed by atoms with Crippen LogP contribution in [0.4, 0.5) is 0 Å². The van der Waals surface area contributed by atoms with Gasteiger partial charge in [0.15, 0.2) is 5.78 Å². The maximum Gasteiger partial charge on any atom is 0.162 e. The lowest BCUT2D eigenvalue weighted by molar-refractivity contribution is 0.101. The van der Waals surface area contributed by atoms with Crippen LogP contribution in [-0.4, -0.2) is 5.78 Å². The Hall–Kier alpha value is -0.410. The van der Waals surface area contributed by atoms with Gasteiger partial charge in [-0.1, -0.05) is 0 Å². The minimum absolute atomic E-state index is 0.0812. The summed E-state index contributed by atoms with van der Waals surface area (Å²) in [6.45, 7) is 1.46. The minimum atomic E-state index is -0.0812. The molecule has 1 aromatic rings. The highest BCUT2D eigenvalue weighted by Gasteiger charge is 2.13. The Kier molecular flexibility index (Phi) is 3.45. The lowest BCUT2D eigenvalue weighted by Crippen LogP contribution is -2.00. The van der Waals surface area contributed by atoms with Crippen LogP contribution in [0.3, 0.4) is 0 Å². The first-order valence-corrected chi connectivity index (χ1v) is 5.34. The Morgan fingerprint density at radius 2 is 2.23 bits per heavy atom. The average molecular weight is 350 g/mol. The molecule has 0 heterocycles. The van der Waals surface area contributed by atoms with Gasteiger partial charge in [-0.25, -0.2) is 0 Å². The molecule has 0 spiro atoms. The van der Waals surface area contributed by atoms with E-state index in [2.05, 4.69) is 15.9 Å². The van der Waals surface area contributed by atoms with Crippen molar-refractivity contribution in [2.24, 2.45) is 0 Å². The highest BCUT2D eigenvalue weighted by molar-refractivity contribution is 14.1. The Bertz CT molecular complexity index is 409. The summed E-state index contributed by atoms with van der Waals surface area (Å²) in [5.74, 6) is -0.0812. The minimum Gasteiger partial charge on any atom is -0.294 e. The fourth-order valence-corrected chi connectivity index (χ4v) is 2.25. The Morgan fingerprint density at radius 1 is 1.62 bits per heavy atom. The van der Waals surface area contributed by atoms with E-state index in [4.69, 9.17) is 5.26 Å². The van der Waals surface area contributed by atoms with E-state index in [0.717, 1.165) is 3.57 Å². The van der Waals surface area contributed by atoms with Crippen molar-refractivity contribution in [3.8, 4) is 6.07 Å². The zero-order chi connectivity index (χ0) is 10.0. The highest BCUT2D eigenvalue weighted by Crippen LogP contribution is 2.24. The second kappa shape index (κ2) is 4.20. The van der Waals surface area contributed by atoms with Crippen molar-refractivity contribution >= 4 is 44.3 Å². The second-order valence-corrected chi connectivity index (χ2v) is 4.46. The highest BCUT2D eigenvalue weighted by atomic mass is 127. The molecule has 13 heavy (non-hydrogen) atoms. The summed E-state index contributed by atoms with van der Waals surface area (Å²) in [6, 6.07) is 5.59. The van der Waals surface area contributed by atoms with E-state index >= 15 is 0 Å². The number of halogens is 2. The predicted octanol–water partition coefficient (Wildman–Crippen LogP) is 3.13. The van der Waals surface area contributed by atoms with E-state index in [9.17, 15) is 4.79 Å². The van der Waals surface area contributed by atoms with Crippen molar-refractivity contribution < 1.29 is 4.79 Å². The summed E-state index contributed by atoms with van der Waals surface area (Å²) in [5, 5.41) is 8.84. The van der Waals surface area contributed by atoms with Crippen LogP contribution < -0.4 is 0 Å². The van der Waals surface area contributed by atoms with Gasteiger partial charge in [0.25, 0.3) is 0 Å². The molecular weight excluding hydrogens is 345 g/mol. The van der Waals surface area contributed by atoms with Crippen molar-refractivity contribution in [1.29, 1.82) is 5.26 Å². The smallest absolute Gasteiger partial charge is 0.162 e. The van der Waals surface area contributed by atoms with E-state index < -0.39 is 0 Å². The number of hydrogen-bond donors (Lipinski definition) is 0. The summed E-state index contributed by atoms with van der Waals surface area (Å²) in [7, 11) is 0. The first-order valence-electron chi connectivity index (χ1n) is 3.47. The molecule has 0 atom stereocenters. The summed E-state index contributed by atoms with van der Waals surface area (Å²) >= 11 is 5.28. The Balaban J connectivity index is 3.55. The van der Waals surface area contributed by atoms with Gasteiger partial charge in [0.1, 0.15) is 6.07 Å². The van der Waals surface area contributed by atoms with Crippen LogP contribution in [0, 0.1) is 14.9 Å². The van der Waals surface area contributed by atoms with Crippen molar-refractivity contribution in [3.63, 3.8) is 0 Å². The molecule has 1 rings (SSSR count). The number of nitriles is 1. The number of nitrogens with zero attached hydrogens (tertiary/aromatic N) is 1. The third-order valence-electron chi connectivity index (χ3n) is 1.57. The van der Waals surface area contributed by atoms with Crippen molar-refractivity contribution in [2.75, 3.05) is 0 Å². The number of benzene rings is 1. The molecule has 1 aromatic carbocycles. The molecule has 0 amide bonds. The summed E-state index contributed by atoms with van der Waals surface area (Å²) in [5.41, 5.74) is 0.914. The molecule has 0 radical (unpaired) electrons. The number of rotatable bonds is 1. The summed E-state index contributed by atoms with van der Waals surface area (Å²) in [6.07, 6.45) is 0. The Labute approximate surface area is 98.2 Å². The van der Waals surface area contributed by atoms with Crippen LogP contribution in [0.2, 0.25) is 0 Å². The van der Waals surface area contributed by atoms with Gasteiger partial charge in [-0.15, -0.1) is 0 Å². The second-order valence-electron chi connectivity index (χ2n) is 2.45. The molecule has 0 aromatic heterocycles. The largest absolute Gasteiger partial charge is 0.294 e. The molecule has 0 saturated heterocycles. The monoisotopic (exact) mass is 349 g/mol. The first-order chi connectivity index (χ1) is 6.07. The normalized spacial score (nSPS) is 9.38. The SMILES string of the molecule is CC(=O)c1c(I)ccc(Br)c1C#N. The van der Waals surface area contributed by atoms with Gasteiger partial charge in [-0.3, -0.25) is 4.79 Å². The van der Waals surface area contributed by atoms with Crippen LogP contribution >= 0.6 is 38.5 Å². The molecule has 0 saturated carbocycles. The standard InChI is InChI=1S/C9H5BrINO/c1-5(13)9-6(4-12)7(10)2-3-8(9)11/h2-3H,1H3. The lowest BCUT2D eigenvalue weighted by atomic mass is 10.1. The van der Waals surface area contributed by atoms with E-state index in [1.807, 2.05) is 34.7 Å². The molecule has 2 nitrogen and oxygen atoms in total. The maximum absolute atomic E-state index is 11.2. The molecule has 66 valence electrons. The van der Waals surface area contributed by atoms with Crippen molar-refractivity contribution in [1.82, 2.24) is 0 Å². The van der Waals surface area contributed by atoms with Crippen LogP contribution in [0.15, 0.2) is 16.6 Å². The van der Waals surface area contributed by atoms with Gasteiger partial charge in [0.05, 0.1) is 5.56 Å². The average Bonchev–Trinajstić information content (AvgIpc) is 2.07. The van der Waals surface area contributed by atoms with Gasteiger partial charge in [-0.05, 0) is 57.6 Å². The fraction of sp³-hybridized carbons (Fsp3) is 0.111. The number of hydrogen-bond acceptors (Lipinski definition) is 2. The fourth-order valence-electron chi connectivity index (χ4n) is 1.01. The first kappa shape index (κ1) is 10.7. The van der Waals surface area contributed by atoms with E-state index in [0.29, 0.717) is 15.6 Å². The van der Waals surface area contributed by atoms with Gasteiger partial charge >= 0.3 is 0 Å². The molecule has 0 N–H and O–H groups in total. The van der Waals surface area contributed by atoms with Crippen molar-refractivity contribution in [3.05, 3.63) is 31.3 Å². The molecule has 0 aliphatic heterocycles. The summed E-state index contributed by atoms with van der Waals surface area (Å²) < 4.78 is 1.48. The van der Waals surface area contributed by atoms with Gasteiger partial charge < -0.3 is 0 Å². The van der Waals surface area contributed by atoms with Crippen LogP contribution in [0.5, 0.6) is 0 Å². The lowest BCUT2D eigenvalue weighted by Gasteiger charge is -2.04. The molecule has 0 unspecified atom stereocenters. The van der Waals surface area contributed by atoms with E-state index in [1.165, 1.54) is 6.92 Å². The van der Waals surface area contributed by atoms with Crippen LogP contribution in [0.1, 0.15) is 22.8 Å².